The highest BCUT2D eigenvalue weighted by Gasteiger charge is 2.29. The number of amides is 4. The molecular weight excluding hydrogens is 378 g/mol. The largest absolute Gasteiger partial charge is 0.481 e. The molecule has 28 heavy (non-hydrogen) atoms. The van der Waals surface area contributed by atoms with Crippen molar-refractivity contribution >= 4 is 35.6 Å². The van der Waals surface area contributed by atoms with Crippen LogP contribution in [0.4, 0.5) is 0 Å². The van der Waals surface area contributed by atoms with E-state index in [1.807, 2.05) is 5.32 Å². The molecule has 13 nitrogen and oxygen atoms in total. The minimum atomic E-state index is -1.78. The van der Waals surface area contributed by atoms with Crippen molar-refractivity contribution in [3.05, 3.63) is 0 Å². The van der Waals surface area contributed by atoms with Crippen molar-refractivity contribution in [2.24, 2.45) is 17.4 Å². The van der Waals surface area contributed by atoms with Crippen LogP contribution in [0.25, 0.3) is 0 Å². The van der Waals surface area contributed by atoms with E-state index < -0.39 is 73.1 Å². The predicted molar refractivity (Wildman–Crippen MR) is 93.4 cm³/mol. The second-order valence-electron chi connectivity index (χ2n) is 6.28. The van der Waals surface area contributed by atoms with Crippen molar-refractivity contribution in [3.8, 4) is 0 Å². The fraction of sp³-hybridized carbons (Fsp3) is 0.600. The van der Waals surface area contributed by atoms with Crippen molar-refractivity contribution < 1.29 is 39.0 Å². The lowest BCUT2D eigenvalue weighted by molar-refractivity contribution is -0.147. The Labute approximate surface area is 160 Å². The quantitative estimate of drug-likeness (QED) is 0.171. The molecule has 9 N–H and O–H groups in total. The summed E-state index contributed by atoms with van der Waals surface area (Å²) in [6.45, 7) is 2.85. The average molecular weight is 403 g/mol. The second-order valence-corrected chi connectivity index (χ2v) is 6.28. The van der Waals surface area contributed by atoms with Gasteiger partial charge in [-0.25, -0.2) is 4.79 Å². The van der Waals surface area contributed by atoms with Gasteiger partial charge < -0.3 is 37.6 Å². The van der Waals surface area contributed by atoms with Crippen molar-refractivity contribution in [3.63, 3.8) is 0 Å². The van der Waals surface area contributed by atoms with Crippen LogP contribution in [-0.4, -0.2) is 70.5 Å². The molecule has 158 valence electrons. The Kier molecular flexibility index (Phi) is 10.2. The molecule has 3 unspecified atom stereocenters. The van der Waals surface area contributed by atoms with Crippen LogP contribution in [0.3, 0.4) is 0 Å². The molecule has 0 aromatic heterocycles. The van der Waals surface area contributed by atoms with E-state index in [-0.39, 0.29) is 5.92 Å². The molecule has 0 aliphatic rings. The first-order valence-electron chi connectivity index (χ1n) is 8.21. The highest BCUT2D eigenvalue weighted by Crippen LogP contribution is 1.99. The fourth-order valence-electron chi connectivity index (χ4n) is 1.89. The molecular formula is C15H25N5O8. The Morgan fingerprint density at radius 3 is 1.89 bits per heavy atom. The number of carbonyl (C=O) groups is 6. The van der Waals surface area contributed by atoms with Gasteiger partial charge in [0.15, 0.2) is 0 Å². The summed E-state index contributed by atoms with van der Waals surface area (Å²) in [7, 11) is 0. The van der Waals surface area contributed by atoms with Crippen LogP contribution >= 0.6 is 0 Å². The summed E-state index contributed by atoms with van der Waals surface area (Å²) in [5.74, 6) is -6.84. The van der Waals surface area contributed by atoms with Crippen LogP contribution in [0.1, 0.15) is 26.7 Å². The molecule has 0 saturated heterocycles. The van der Waals surface area contributed by atoms with Crippen molar-refractivity contribution in [2.75, 3.05) is 6.54 Å². The van der Waals surface area contributed by atoms with E-state index in [0.29, 0.717) is 0 Å². The Morgan fingerprint density at radius 2 is 1.46 bits per heavy atom. The zero-order chi connectivity index (χ0) is 22.0. The summed E-state index contributed by atoms with van der Waals surface area (Å²) in [6, 6.07) is -4.19. The number of primary amides is 1. The van der Waals surface area contributed by atoms with Crippen LogP contribution in [0.2, 0.25) is 0 Å². The van der Waals surface area contributed by atoms with Gasteiger partial charge in [-0.15, -0.1) is 0 Å². The first kappa shape index (κ1) is 24.8. The number of hydrogen-bond donors (Lipinski definition) is 7. The van der Waals surface area contributed by atoms with Crippen molar-refractivity contribution in [2.45, 2.75) is 44.8 Å². The van der Waals surface area contributed by atoms with Gasteiger partial charge in [0.2, 0.25) is 23.6 Å². The maximum atomic E-state index is 12.1. The van der Waals surface area contributed by atoms with Gasteiger partial charge in [0, 0.05) is 0 Å². The maximum Gasteiger partial charge on any atom is 0.326 e. The number of carboxylic acids is 2. The molecule has 0 aliphatic heterocycles. The van der Waals surface area contributed by atoms with Crippen LogP contribution in [0.15, 0.2) is 0 Å². The molecule has 0 aromatic carbocycles. The van der Waals surface area contributed by atoms with Gasteiger partial charge in [0.1, 0.15) is 12.1 Å². The Bertz CT molecular complexity index is 636. The van der Waals surface area contributed by atoms with E-state index in [9.17, 15) is 28.8 Å². The summed E-state index contributed by atoms with van der Waals surface area (Å²) in [5.41, 5.74) is 10.6. The third kappa shape index (κ3) is 9.47. The van der Waals surface area contributed by atoms with Gasteiger partial charge in [0.05, 0.1) is 25.4 Å². The highest BCUT2D eigenvalue weighted by molar-refractivity contribution is 5.95. The fourth-order valence-corrected chi connectivity index (χ4v) is 1.89. The standard InChI is InChI=1S/C15H25N5O8/c1-6(2)12(17)14(26)18-5-10(22)19-7(3-9(16)21)13(25)20-8(15(27)28)4-11(23)24/h6-8,12H,3-5,17H2,1-2H3,(H2,16,21)(H,18,26)(H,19,22)(H,20,25)(H,23,24)(H,27,28). The smallest absolute Gasteiger partial charge is 0.326 e. The number of rotatable bonds is 12. The highest BCUT2D eigenvalue weighted by atomic mass is 16.4. The lowest BCUT2D eigenvalue weighted by Gasteiger charge is -2.20. The lowest BCUT2D eigenvalue weighted by Crippen LogP contribution is -2.55. The van der Waals surface area contributed by atoms with Gasteiger partial charge in [-0.3, -0.25) is 24.0 Å². The minimum absolute atomic E-state index is 0.182. The molecule has 3 atom stereocenters. The third-order valence-corrected chi connectivity index (χ3v) is 3.49. The van der Waals surface area contributed by atoms with Gasteiger partial charge in [0.25, 0.3) is 0 Å². The molecule has 0 rings (SSSR count). The van der Waals surface area contributed by atoms with Crippen molar-refractivity contribution in [1.82, 2.24) is 16.0 Å². The lowest BCUT2D eigenvalue weighted by atomic mass is 10.1. The van der Waals surface area contributed by atoms with Crippen LogP contribution in [-0.2, 0) is 28.8 Å². The van der Waals surface area contributed by atoms with Crippen molar-refractivity contribution in [1.29, 1.82) is 0 Å². The van der Waals surface area contributed by atoms with Gasteiger partial charge >= 0.3 is 11.9 Å². The number of hydrogen-bond acceptors (Lipinski definition) is 7. The number of aliphatic carboxylic acids is 2. The predicted octanol–water partition coefficient (Wildman–Crippen LogP) is -3.51. The molecule has 0 radical (unpaired) electrons. The molecule has 0 heterocycles. The van der Waals surface area contributed by atoms with Crippen LogP contribution in [0, 0.1) is 5.92 Å². The zero-order valence-electron chi connectivity index (χ0n) is 15.4. The Morgan fingerprint density at radius 1 is 0.893 bits per heavy atom. The average Bonchev–Trinajstić information content (AvgIpc) is 2.56. The molecule has 0 aliphatic carbocycles. The number of carboxylic acid groups (broad SMARTS) is 2. The second kappa shape index (κ2) is 11.5. The zero-order valence-corrected chi connectivity index (χ0v) is 15.4. The summed E-state index contributed by atoms with van der Waals surface area (Å²) in [5, 5.41) is 23.9. The molecule has 4 amide bonds. The van der Waals surface area contributed by atoms with Gasteiger partial charge in [-0.2, -0.15) is 0 Å². The van der Waals surface area contributed by atoms with E-state index in [2.05, 4.69) is 10.6 Å². The monoisotopic (exact) mass is 403 g/mol. The molecule has 0 spiro atoms. The van der Waals surface area contributed by atoms with E-state index in [1.165, 1.54) is 0 Å². The minimum Gasteiger partial charge on any atom is -0.481 e. The number of carbonyl (C=O) groups excluding carboxylic acids is 4. The number of nitrogens with two attached hydrogens (primary N) is 2. The maximum absolute atomic E-state index is 12.1. The third-order valence-electron chi connectivity index (χ3n) is 3.49. The van der Waals surface area contributed by atoms with E-state index in [0.717, 1.165) is 0 Å². The molecule has 0 saturated carbocycles. The summed E-state index contributed by atoms with van der Waals surface area (Å²) < 4.78 is 0. The van der Waals surface area contributed by atoms with E-state index in [1.54, 1.807) is 13.8 Å². The summed E-state index contributed by atoms with van der Waals surface area (Å²) in [6.07, 6.45) is -1.59. The van der Waals surface area contributed by atoms with Gasteiger partial charge in [-0.05, 0) is 5.92 Å². The Hall–Kier alpha value is -3.22. The molecule has 0 fully saturated rings. The van der Waals surface area contributed by atoms with E-state index in [4.69, 9.17) is 21.7 Å². The molecule has 0 aromatic rings. The first-order chi connectivity index (χ1) is 12.8. The van der Waals surface area contributed by atoms with E-state index >= 15 is 0 Å². The van der Waals surface area contributed by atoms with Crippen LogP contribution < -0.4 is 27.4 Å². The normalized spacial score (nSPS) is 13.7. The number of nitrogens with one attached hydrogen (secondary N) is 3. The topological polar surface area (TPSA) is 231 Å². The van der Waals surface area contributed by atoms with Crippen LogP contribution in [0.5, 0.6) is 0 Å². The summed E-state index contributed by atoms with van der Waals surface area (Å²) in [4.78, 5) is 68.6. The van der Waals surface area contributed by atoms with Gasteiger partial charge in [-0.1, -0.05) is 13.8 Å². The SMILES string of the molecule is CC(C)C(N)C(=O)NCC(=O)NC(CC(N)=O)C(=O)NC(CC(=O)O)C(=O)O. The Balaban J connectivity index is 4.97. The molecule has 13 heteroatoms. The first-order valence-corrected chi connectivity index (χ1v) is 8.21. The molecule has 0 bridgehead atoms. The summed E-state index contributed by atoms with van der Waals surface area (Å²) >= 11 is 0.